The Morgan fingerprint density at radius 2 is 1.44 bits per heavy atom. The minimum Gasteiger partial charge on any atom is -0.447 e. The van der Waals surface area contributed by atoms with Gasteiger partial charge in [0, 0.05) is 37.1 Å². The predicted octanol–water partition coefficient (Wildman–Crippen LogP) is 5.84. The quantitative estimate of drug-likeness (QED) is 0.112. The highest BCUT2D eigenvalue weighted by Crippen LogP contribution is 2.19. The predicted molar refractivity (Wildman–Crippen MR) is 188 cm³/mol. The SMILES string of the molecule is Br.CC(C)(C)OC(=O)N[C@@H](Cc1ccc([N+](=O)[O-])cc1)C(N)=O.CCC(=O)CBr.CCc1coc(C(N)Cc2ccc([N+](=O)[O-])cc2)n1. The Bertz CT molecular complexity index is 1470. The number of carbonyl (C=O) groups excluding carboxylic acids is 3. The second-order valence-electron chi connectivity index (χ2n) is 11.0. The molecule has 48 heavy (non-hydrogen) atoms. The highest BCUT2D eigenvalue weighted by Gasteiger charge is 2.23. The third-order valence-electron chi connectivity index (χ3n) is 6.02. The number of nitrogens with two attached hydrogens (primary N) is 2. The van der Waals surface area contributed by atoms with Gasteiger partial charge in [-0.1, -0.05) is 54.0 Å². The summed E-state index contributed by atoms with van der Waals surface area (Å²) in [5.41, 5.74) is 13.0. The zero-order chi connectivity index (χ0) is 35.7. The summed E-state index contributed by atoms with van der Waals surface area (Å²) in [7, 11) is 0. The maximum absolute atomic E-state index is 11.7. The molecule has 1 heterocycles. The van der Waals surface area contributed by atoms with E-state index in [1.807, 2.05) is 13.8 Å². The number of primary amides is 1. The van der Waals surface area contributed by atoms with Crippen LogP contribution in [0.3, 0.4) is 0 Å². The maximum Gasteiger partial charge on any atom is 0.408 e. The summed E-state index contributed by atoms with van der Waals surface area (Å²) in [5.74, 6) is 0.0365. The van der Waals surface area contributed by atoms with Gasteiger partial charge in [0.1, 0.15) is 23.7 Å². The molecular weight excluding hydrogens is 760 g/mol. The van der Waals surface area contributed by atoms with Crippen LogP contribution in [0.4, 0.5) is 16.2 Å². The van der Waals surface area contributed by atoms with E-state index < -0.39 is 33.5 Å². The van der Waals surface area contributed by atoms with Gasteiger partial charge in [-0.3, -0.25) is 29.8 Å². The van der Waals surface area contributed by atoms with Crippen molar-refractivity contribution in [2.75, 3.05) is 5.33 Å². The number of alkyl carbamates (subject to hydrolysis) is 1. The van der Waals surface area contributed by atoms with Gasteiger partial charge in [-0.05, 0) is 44.7 Å². The van der Waals surface area contributed by atoms with Gasteiger partial charge in [-0.25, -0.2) is 9.78 Å². The molecule has 0 spiro atoms. The number of nitrogens with one attached hydrogen (secondary N) is 1. The van der Waals surface area contributed by atoms with Crippen LogP contribution in [0.25, 0.3) is 0 Å². The summed E-state index contributed by atoms with van der Waals surface area (Å²) in [6.45, 7) is 8.93. The fourth-order valence-corrected chi connectivity index (χ4v) is 3.90. The number of Topliss-reactive ketones (excluding diaryl/α,β-unsaturated/α-hetero) is 1. The van der Waals surface area contributed by atoms with E-state index in [-0.39, 0.29) is 46.6 Å². The van der Waals surface area contributed by atoms with Crippen LogP contribution in [0.5, 0.6) is 0 Å². The fraction of sp³-hybridized carbons (Fsp3) is 0.419. The molecule has 2 atom stereocenters. The Kier molecular flexibility index (Phi) is 19.7. The summed E-state index contributed by atoms with van der Waals surface area (Å²) in [4.78, 5) is 57.7. The lowest BCUT2D eigenvalue weighted by molar-refractivity contribution is -0.385. The number of ether oxygens (including phenoxy) is 1. The van der Waals surface area contributed by atoms with E-state index in [2.05, 4.69) is 26.2 Å². The molecule has 17 heteroatoms. The number of hydrogen-bond acceptors (Lipinski definition) is 11. The average Bonchev–Trinajstić information content (AvgIpc) is 3.50. The van der Waals surface area contributed by atoms with Gasteiger partial charge in [0.2, 0.25) is 11.8 Å². The van der Waals surface area contributed by atoms with Crippen molar-refractivity contribution < 1.29 is 33.4 Å². The van der Waals surface area contributed by atoms with Crippen molar-refractivity contribution in [2.24, 2.45) is 11.5 Å². The molecule has 0 radical (unpaired) electrons. The van der Waals surface area contributed by atoms with Gasteiger partial charge in [-0.15, -0.1) is 17.0 Å². The van der Waals surface area contributed by atoms with Crippen LogP contribution in [0.1, 0.15) is 69.8 Å². The molecule has 15 nitrogen and oxygen atoms in total. The number of oxazole rings is 1. The third kappa shape index (κ3) is 17.1. The van der Waals surface area contributed by atoms with Gasteiger partial charge in [0.15, 0.2) is 0 Å². The van der Waals surface area contributed by atoms with Gasteiger partial charge >= 0.3 is 6.09 Å². The van der Waals surface area contributed by atoms with Crippen LogP contribution in [-0.4, -0.2) is 49.6 Å². The van der Waals surface area contributed by atoms with E-state index in [0.717, 1.165) is 17.7 Å². The van der Waals surface area contributed by atoms with Crippen molar-refractivity contribution in [3.05, 3.63) is 97.7 Å². The maximum atomic E-state index is 11.7. The van der Waals surface area contributed by atoms with Crippen molar-refractivity contribution in [1.29, 1.82) is 0 Å². The minimum atomic E-state index is -0.962. The second-order valence-corrected chi connectivity index (χ2v) is 11.6. The Morgan fingerprint density at radius 1 is 0.958 bits per heavy atom. The van der Waals surface area contributed by atoms with Gasteiger partial charge < -0.3 is 25.9 Å². The molecule has 0 bridgehead atoms. The molecule has 0 fully saturated rings. The molecule has 0 saturated heterocycles. The second kappa shape index (κ2) is 21.6. The Labute approximate surface area is 297 Å². The zero-order valence-corrected chi connectivity index (χ0v) is 30.6. The average molecular weight is 803 g/mol. The van der Waals surface area contributed by atoms with E-state index >= 15 is 0 Å². The largest absolute Gasteiger partial charge is 0.447 e. The molecule has 3 aromatic rings. The highest BCUT2D eigenvalue weighted by atomic mass is 79.9. The molecule has 2 aromatic carbocycles. The van der Waals surface area contributed by atoms with Crippen LogP contribution in [0.15, 0.2) is 59.2 Å². The number of rotatable bonds is 12. The monoisotopic (exact) mass is 800 g/mol. The number of aromatic nitrogens is 1. The lowest BCUT2D eigenvalue weighted by Gasteiger charge is -2.22. The van der Waals surface area contributed by atoms with Crippen molar-refractivity contribution in [3.63, 3.8) is 0 Å². The number of aryl methyl sites for hydroxylation is 1. The molecule has 0 aliphatic heterocycles. The summed E-state index contributed by atoms with van der Waals surface area (Å²) >= 11 is 3.03. The molecular formula is C31H42Br2N6O9. The zero-order valence-electron chi connectivity index (χ0n) is 27.3. The van der Waals surface area contributed by atoms with Crippen LogP contribution in [0.2, 0.25) is 0 Å². The van der Waals surface area contributed by atoms with Gasteiger partial charge in [-0.2, -0.15) is 0 Å². The van der Waals surface area contributed by atoms with E-state index in [1.54, 1.807) is 39.2 Å². The molecule has 3 rings (SSSR count). The van der Waals surface area contributed by atoms with Crippen LogP contribution in [-0.2, 0) is 33.6 Å². The smallest absolute Gasteiger partial charge is 0.408 e. The summed E-state index contributed by atoms with van der Waals surface area (Å²) in [6, 6.07) is 10.7. The van der Waals surface area contributed by atoms with Crippen molar-refractivity contribution in [2.45, 2.75) is 78.0 Å². The summed E-state index contributed by atoms with van der Waals surface area (Å²) in [5, 5.41) is 24.0. The normalized spacial score (nSPS) is 11.6. The van der Waals surface area contributed by atoms with E-state index in [0.29, 0.717) is 29.6 Å². The number of amides is 2. The lowest BCUT2D eigenvalue weighted by Crippen LogP contribution is -2.47. The van der Waals surface area contributed by atoms with E-state index in [9.17, 15) is 34.6 Å². The molecule has 0 aliphatic carbocycles. The van der Waals surface area contributed by atoms with Crippen LogP contribution >= 0.6 is 32.9 Å². The first-order valence-corrected chi connectivity index (χ1v) is 15.6. The van der Waals surface area contributed by atoms with E-state index in [4.69, 9.17) is 20.6 Å². The molecule has 264 valence electrons. The third-order valence-corrected chi connectivity index (χ3v) is 6.64. The molecule has 5 N–H and O–H groups in total. The first-order valence-electron chi connectivity index (χ1n) is 14.5. The Hall–Kier alpha value is -4.22. The van der Waals surface area contributed by atoms with Crippen molar-refractivity contribution in [1.82, 2.24) is 10.3 Å². The topological polar surface area (TPSA) is 237 Å². The lowest BCUT2D eigenvalue weighted by atomic mass is 10.1. The number of nitro groups is 2. The molecule has 0 saturated carbocycles. The number of ketones is 1. The first-order chi connectivity index (χ1) is 22.0. The number of carbonyl (C=O) groups is 3. The molecule has 0 aliphatic rings. The summed E-state index contributed by atoms with van der Waals surface area (Å²) in [6.07, 6.45) is 2.94. The number of halogens is 2. The number of benzene rings is 2. The van der Waals surface area contributed by atoms with Crippen molar-refractivity contribution in [3.8, 4) is 0 Å². The van der Waals surface area contributed by atoms with Crippen molar-refractivity contribution >= 4 is 62.1 Å². The highest BCUT2D eigenvalue weighted by molar-refractivity contribution is 9.09. The number of nitrogens with zero attached hydrogens (tertiary/aromatic N) is 3. The molecule has 1 aromatic heterocycles. The van der Waals surface area contributed by atoms with Crippen LogP contribution < -0.4 is 16.8 Å². The fourth-order valence-electron chi connectivity index (χ4n) is 3.51. The number of non-ortho nitro benzene ring substituents is 2. The Balaban J connectivity index is 0.000000778. The number of alkyl halides is 1. The van der Waals surface area contributed by atoms with Crippen LogP contribution in [0, 0.1) is 20.2 Å². The summed E-state index contributed by atoms with van der Waals surface area (Å²) < 4.78 is 10.4. The minimum absolute atomic E-state index is 0. The molecule has 1 unspecified atom stereocenters. The standard InChI is InChI=1S/C14H19N3O5.C13H15N3O3.C4H7BrO.BrH/c1-14(2,3)22-13(19)16-11(12(15)18)8-9-4-6-10(7-5-9)17(20)21;1-2-10-8-19-13(15-10)12(14)7-9-3-5-11(6-4-9)16(17)18;1-2-4(6)3-5;/h4-7,11H,8H2,1-3H3,(H2,15,18)(H,16,19);3-6,8,12H,2,7,14H2,1H3;2-3H2,1H3;1H/t11-;;;/m0.../s1. The number of nitro benzene ring substituents is 2. The first kappa shape index (κ1) is 43.8. The molecule has 2 amide bonds. The van der Waals surface area contributed by atoms with E-state index in [1.165, 1.54) is 36.4 Å². The van der Waals surface area contributed by atoms with Gasteiger partial charge in [0.05, 0.1) is 26.9 Å². The van der Waals surface area contributed by atoms with Gasteiger partial charge in [0.25, 0.3) is 11.4 Å². The number of hydrogen-bond donors (Lipinski definition) is 3. The Morgan fingerprint density at radius 3 is 1.77 bits per heavy atom.